The van der Waals surface area contributed by atoms with Crippen molar-refractivity contribution in [3.05, 3.63) is 75.4 Å². The van der Waals surface area contributed by atoms with Gasteiger partial charge in [-0.05, 0) is 138 Å². The zero-order chi connectivity index (χ0) is 31.1. The summed E-state index contributed by atoms with van der Waals surface area (Å²) in [4.78, 5) is 12.8. The van der Waals surface area contributed by atoms with Crippen LogP contribution in [0.25, 0.3) is 12.2 Å². The average Bonchev–Trinajstić information content (AvgIpc) is 2.87. The van der Waals surface area contributed by atoms with Crippen LogP contribution < -0.4 is 9.47 Å². The van der Waals surface area contributed by atoms with E-state index in [1.165, 1.54) is 29.2 Å². The van der Waals surface area contributed by atoms with E-state index in [1.807, 2.05) is 25.2 Å². The van der Waals surface area contributed by atoms with E-state index in [2.05, 4.69) is 78.8 Å². The molecule has 0 saturated heterocycles. The molecule has 0 aliphatic carbocycles. The number of rotatable bonds is 13. The summed E-state index contributed by atoms with van der Waals surface area (Å²) in [6, 6.07) is 0. The lowest BCUT2D eigenvalue weighted by molar-refractivity contribution is 0.0976. The van der Waals surface area contributed by atoms with E-state index in [-0.39, 0.29) is 17.1 Å². The first-order valence-corrected chi connectivity index (χ1v) is 15.5. The molecule has 3 rings (SSSR count). The quantitative estimate of drug-likeness (QED) is 0.189. The van der Waals surface area contributed by atoms with Gasteiger partial charge in [0.1, 0.15) is 34.0 Å². The van der Waals surface area contributed by atoms with Crippen molar-refractivity contribution in [2.45, 2.75) is 125 Å². The van der Waals surface area contributed by atoms with Gasteiger partial charge in [0.2, 0.25) is 0 Å². The van der Waals surface area contributed by atoms with Gasteiger partial charge < -0.3 is 14.6 Å². The van der Waals surface area contributed by atoms with Crippen LogP contribution in [0, 0.1) is 0 Å². The molecule has 2 aliphatic rings. The molecule has 2 aliphatic heterocycles. The summed E-state index contributed by atoms with van der Waals surface area (Å²) in [6.07, 6.45) is 24.6. The Hall–Kier alpha value is -3.27. The van der Waals surface area contributed by atoms with Crippen molar-refractivity contribution in [3.8, 4) is 17.2 Å². The average molecular weight is 573 g/mol. The first kappa shape index (κ1) is 33.2. The molecular weight excluding hydrogens is 520 g/mol. The Kier molecular flexibility index (Phi) is 11.3. The van der Waals surface area contributed by atoms with E-state index >= 15 is 0 Å². The van der Waals surface area contributed by atoms with Crippen LogP contribution in [0.2, 0.25) is 0 Å². The van der Waals surface area contributed by atoms with E-state index in [4.69, 9.17) is 9.47 Å². The van der Waals surface area contributed by atoms with Gasteiger partial charge >= 0.3 is 0 Å². The largest absolute Gasteiger partial charge is 0.506 e. The lowest BCUT2D eigenvalue weighted by atomic mass is 9.88. The number of hydrogen-bond acceptors (Lipinski definition) is 4. The monoisotopic (exact) mass is 572 g/mol. The number of carbonyl (C=O) groups is 1. The van der Waals surface area contributed by atoms with Crippen molar-refractivity contribution in [2.75, 3.05) is 0 Å². The highest BCUT2D eigenvalue weighted by molar-refractivity contribution is 6.03. The Morgan fingerprint density at radius 2 is 1.14 bits per heavy atom. The number of aromatic hydroxyl groups is 1. The Morgan fingerprint density at radius 3 is 1.60 bits per heavy atom. The summed E-state index contributed by atoms with van der Waals surface area (Å²) >= 11 is 0. The highest BCUT2D eigenvalue weighted by Crippen LogP contribution is 2.51. The molecule has 0 radical (unpaired) electrons. The molecular formula is C38H52O4. The molecule has 2 heterocycles. The minimum Gasteiger partial charge on any atom is -0.506 e. The Labute approximate surface area is 254 Å². The van der Waals surface area contributed by atoms with Crippen LogP contribution in [0.3, 0.4) is 0 Å². The van der Waals surface area contributed by atoms with Gasteiger partial charge in [-0.3, -0.25) is 4.79 Å². The molecule has 2 atom stereocenters. The van der Waals surface area contributed by atoms with E-state index in [9.17, 15) is 9.90 Å². The molecule has 4 nitrogen and oxygen atoms in total. The zero-order valence-corrected chi connectivity index (χ0v) is 27.4. The van der Waals surface area contributed by atoms with E-state index in [0.29, 0.717) is 17.1 Å². The van der Waals surface area contributed by atoms with Crippen LogP contribution in [-0.2, 0) is 0 Å². The van der Waals surface area contributed by atoms with Crippen LogP contribution in [0.15, 0.2) is 58.7 Å². The first-order valence-electron chi connectivity index (χ1n) is 15.5. The summed E-state index contributed by atoms with van der Waals surface area (Å²) in [5.41, 5.74) is 5.79. The van der Waals surface area contributed by atoms with Crippen molar-refractivity contribution in [2.24, 2.45) is 0 Å². The predicted molar refractivity (Wildman–Crippen MR) is 178 cm³/mol. The van der Waals surface area contributed by atoms with Crippen molar-refractivity contribution < 1.29 is 19.4 Å². The number of phenolic OH excluding ortho intramolecular Hbond substituents is 1. The molecule has 42 heavy (non-hydrogen) atoms. The van der Waals surface area contributed by atoms with Crippen molar-refractivity contribution >= 4 is 17.9 Å². The summed E-state index contributed by atoms with van der Waals surface area (Å²) in [7, 11) is 0. The second kappa shape index (κ2) is 14.3. The maximum absolute atomic E-state index is 12.8. The molecule has 0 amide bonds. The van der Waals surface area contributed by atoms with Crippen LogP contribution in [-0.4, -0.2) is 22.1 Å². The topological polar surface area (TPSA) is 55.8 Å². The third-order valence-electron chi connectivity index (χ3n) is 8.13. The zero-order valence-electron chi connectivity index (χ0n) is 27.4. The maximum atomic E-state index is 12.8. The second-order valence-electron chi connectivity index (χ2n) is 13.1. The highest BCUT2D eigenvalue weighted by atomic mass is 16.5. The van der Waals surface area contributed by atoms with E-state index < -0.39 is 11.2 Å². The van der Waals surface area contributed by atoms with Crippen molar-refractivity contribution in [3.63, 3.8) is 0 Å². The number of carbonyl (C=O) groups excluding carboxylic acids is 1. The van der Waals surface area contributed by atoms with E-state index in [1.54, 1.807) is 0 Å². The summed E-state index contributed by atoms with van der Waals surface area (Å²) in [5, 5.41) is 11.3. The second-order valence-corrected chi connectivity index (χ2v) is 13.1. The van der Waals surface area contributed by atoms with Gasteiger partial charge in [0.05, 0.1) is 11.1 Å². The molecule has 0 fully saturated rings. The summed E-state index contributed by atoms with van der Waals surface area (Å²) in [5.74, 6) is 0.697. The number of ether oxygens (including phenoxy) is 2. The van der Waals surface area contributed by atoms with Gasteiger partial charge in [-0.25, -0.2) is 0 Å². The van der Waals surface area contributed by atoms with Gasteiger partial charge in [0.15, 0.2) is 5.78 Å². The van der Waals surface area contributed by atoms with Crippen LogP contribution in [0.4, 0.5) is 0 Å². The summed E-state index contributed by atoms with van der Waals surface area (Å²) in [6.45, 7) is 18.5. The number of fused-ring (bicyclic) bond motifs is 3. The summed E-state index contributed by atoms with van der Waals surface area (Å²) < 4.78 is 13.2. The minimum atomic E-state index is -0.601. The van der Waals surface area contributed by atoms with Gasteiger partial charge in [0, 0.05) is 0 Å². The molecule has 1 aromatic rings. The normalized spacial score (nSPS) is 21.2. The molecule has 0 saturated carbocycles. The standard InChI is InChI=1S/C38H52O4/c1-26(2)14-10-16-28(5)18-12-22-37(8)24-20-31-34(40)33(30(7)39)36-32(35(31)41-37)21-25-38(9,42-36)23-13-19-29(6)17-11-15-27(3)4/h14-15,18-21,24-25,40H,10-13,16-17,22-23H2,1-9H3/b28-18+,29-19+. The fourth-order valence-electron chi connectivity index (χ4n) is 5.49. The minimum absolute atomic E-state index is 0.0720. The van der Waals surface area contributed by atoms with Gasteiger partial charge in [-0.15, -0.1) is 0 Å². The molecule has 0 bridgehead atoms. The Balaban J connectivity index is 1.80. The third kappa shape index (κ3) is 8.86. The number of benzene rings is 1. The maximum Gasteiger partial charge on any atom is 0.167 e. The van der Waals surface area contributed by atoms with Gasteiger partial charge in [-0.1, -0.05) is 46.6 Å². The van der Waals surface area contributed by atoms with Crippen molar-refractivity contribution in [1.29, 1.82) is 0 Å². The lowest BCUT2D eigenvalue weighted by Crippen LogP contribution is -2.35. The predicted octanol–water partition coefficient (Wildman–Crippen LogP) is 10.9. The number of hydrogen-bond donors (Lipinski definition) is 1. The fraction of sp³-hybridized carbons (Fsp3) is 0.500. The van der Waals surface area contributed by atoms with Crippen molar-refractivity contribution in [1.82, 2.24) is 0 Å². The highest BCUT2D eigenvalue weighted by Gasteiger charge is 2.38. The smallest absolute Gasteiger partial charge is 0.167 e. The van der Waals surface area contributed by atoms with Crippen LogP contribution in [0.1, 0.15) is 135 Å². The number of allylic oxidation sites excluding steroid dienone is 8. The number of phenols is 1. The molecule has 1 aromatic carbocycles. The molecule has 0 aromatic heterocycles. The Bertz CT molecular complexity index is 1340. The van der Waals surface area contributed by atoms with Crippen LogP contribution >= 0.6 is 0 Å². The third-order valence-corrected chi connectivity index (χ3v) is 8.13. The molecule has 2 unspecified atom stereocenters. The van der Waals surface area contributed by atoms with E-state index in [0.717, 1.165) is 56.9 Å². The van der Waals surface area contributed by atoms with Gasteiger partial charge in [0.25, 0.3) is 0 Å². The number of Topliss-reactive ketones (excluding diaryl/α,β-unsaturated/α-hetero) is 1. The number of ketones is 1. The molecule has 228 valence electrons. The molecule has 0 spiro atoms. The Morgan fingerprint density at radius 1 is 0.690 bits per heavy atom. The first-order chi connectivity index (χ1) is 19.7. The van der Waals surface area contributed by atoms with Gasteiger partial charge in [-0.2, -0.15) is 0 Å². The molecule has 4 heteroatoms. The van der Waals surface area contributed by atoms with Crippen LogP contribution in [0.5, 0.6) is 17.2 Å². The fourth-order valence-corrected chi connectivity index (χ4v) is 5.49. The SMILES string of the molecule is CC(=O)c1c(O)c2c(c3c1OC(C)(CC/C=C(\C)CCC=C(C)C)C=C3)OC(C)(CC/C=C(\C)CCC=C(C)C)C=C2. The lowest BCUT2D eigenvalue weighted by Gasteiger charge is -2.37. The molecule has 1 N–H and O–H groups in total.